The van der Waals surface area contributed by atoms with E-state index in [9.17, 15) is 19.5 Å². The number of likely N-dealkylation sites (tertiary alicyclic amines) is 1. The molecule has 11 heteroatoms. The SMILES string of the molecule is CCC(=O)CCCCC[C@H](NC(=O)C1C[N+](C)(C(=O)[O-])C1)c1nnc(-c2ccc3cnccc3n2)o1. The Bertz CT molecular complexity index is 1250. The van der Waals surface area contributed by atoms with Gasteiger partial charge in [0, 0.05) is 30.6 Å². The first-order chi connectivity index (χ1) is 17.3. The number of rotatable bonds is 11. The standard InChI is InChI=1S/C25H30N6O5/c1-3-18(32)7-5-4-6-8-20(28-22(33)17-14-31(2,15-17)25(34)35)23-29-30-24(36-23)21-10-9-16-13-26-12-11-19(16)27-21/h9-13,17,20H,3-8,14-15H2,1-2H3,(H-,28,33,34,35)/t17?,20-,31?/m0/s1. The largest absolute Gasteiger partial charge is 0.498 e. The number of quaternary nitrogens is 1. The Labute approximate surface area is 208 Å². The highest BCUT2D eigenvalue weighted by atomic mass is 16.4. The summed E-state index contributed by atoms with van der Waals surface area (Å²) < 4.78 is 5.64. The topological polar surface area (TPSA) is 151 Å². The highest BCUT2D eigenvalue weighted by Gasteiger charge is 2.47. The average molecular weight is 495 g/mol. The molecule has 0 bridgehead atoms. The zero-order valence-electron chi connectivity index (χ0n) is 20.5. The molecule has 1 saturated heterocycles. The van der Waals surface area contributed by atoms with E-state index in [1.54, 1.807) is 24.5 Å². The highest BCUT2D eigenvalue weighted by Crippen LogP contribution is 2.27. The van der Waals surface area contributed by atoms with Crippen LogP contribution in [0.15, 0.2) is 35.0 Å². The number of carbonyl (C=O) groups is 3. The first kappa shape index (κ1) is 25.4. The number of carbonyl (C=O) groups excluding carboxylic acids is 3. The molecule has 4 heterocycles. The number of ketones is 1. The van der Waals surface area contributed by atoms with E-state index >= 15 is 0 Å². The van der Waals surface area contributed by atoms with Gasteiger partial charge < -0.3 is 19.6 Å². The molecule has 36 heavy (non-hydrogen) atoms. The summed E-state index contributed by atoms with van der Waals surface area (Å²) in [4.78, 5) is 44.3. The summed E-state index contributed by atoms with van der Waals surface area (Å²) in [6.45, 7) is 2.20. The van der Waals surface area contributed by atoms with Crippen LogP contribution in [0.2, 0.25) is 0 Å². The molecule has 1 atom stereocenters. The van der Waals surface area contributed by atoms with E-state index in [0.717, 1.165) is 30.2 Å². The molecule has 3 aromatic rings. The second kappa shape index (κ2) is 10.9. The van der Waals surface area contributed by atoms with Crippen molar-refractivity contribution in [1.29, 1.82) is 0 Å². The molecule has 4 rings (SSSR count). The maximum atomic E-state index is 12.9. The number of aromatic nitrogens is 4. The Morgan fingerprint density at radius 3 is 2.72 bits per heavy atom. The number of hydrogen-bond donors (Lipinski definition) is 1. The molecule has 0 unspecified atom stereocenters. The molecule has 0 radical (unpaired) electrons. The van der Waals surface area contributed by atoms with E-state index in [-0.39, 0.29) is 41.0 Å². The zero-order chi connectivity index (χ0) is 25.7. The Morgan fingerprint density at radius 1 is 1.17 bits per heavy atom. The molecule has 11 nitrogen and oxygen atoms in total. The Hall–Kier alpha value is -3.73. The summed E-state index contributed by atoms with van der Waals surface area (Å²) in [6.07, 6.45) is 6.15. The molecule has 1 N–H and O–H groups in total. The van der Waals surface area contributed by atoms with Crippen molar-refractivity contribution in [1.82, 2.24) is 25.5 Å². The fourth-order valence-corrected chi connectivity index (χ4v) is 4.37. The lowest BCUT2D eigenvalue weighted by molar-refractivity contribution is -0.901. The molecule has 190 valence electrons. The first-order valence-electron chi connectivity index (χ1n) is 12.2. The van der Waals surface area contributed by atoms with Crippen LogP contribution in [-0.2, 0) is 9.59 Å². The van der Waals surface area contributed by atoms with Gasteiger partial charge in [-0.15, -0.1) is 10.2 Å². The maximum absolute atomic E-state index is 12.9. The average Bonchev–Trinajstić information content (AvgIpc) is 3.35. The summed E-state index contributed by atoms with van der Waals surface area (Å²) in [5.74, 6) is 0.0430. The van der Waals surface area contributed by atoms with Gasteiger partial charge in [-0.25, -0.2) is 4.98 Å². The normalized spacial score (nSPS) is 20.0. The third-order valence-corrected chi connectivity index (χ3v) is 6.66. The van der Waals surface area contributed by atoms with Gasteiger partial charge in [0.2, 0.25) is 11.8 Å². The van der Waals surface area contributed by atoms with Crippen molar-refractivity contribution in [2.45, 2.75) is 51.5 Å². The lowest BCUT2D eigenvalue weighted by atomic mass is 9.95. The number of amides is 2. The van der Waals surface area contributed by atoms with E-state index in [1.165, 1.54) is 7.05 Å². The third kappa shape index (κ3) is 5.73. The molecular weight excluding hydrogens is 464 g/mol. The predicted molar refractivity (Wildman–Crippen MR) is 127 cm³/mol. The number of hydrogen-bond acceptors (Lipinski definition) is 9. The molecule has 1 aliphatic heterocycles. The lowest BCUT2D eigenvalue weighted by Crippen LogP contribution is -2.70. The van der Waals surface area contributed by atoms with Crippen LogP contribution >= 0.6 is 0 Å². The number of carboxylic acid groups (broad SMARTS) is 1. The minimum Gasteiger partial charge on any atom is -0.498 e. The van der Waals surface area contributed by atoms with Crippen LogP contribution in [0.25, 0.3) is 22.5 Å². The van der Waals surface area contributed by atoms with Crippen molar-refractivity contribution >= 4 is 28.7 Å². The summed E-state index contributed by atoms with van der Waals surface area (Å²) >= 11 is 0. The van der Waals surface area contributed by atoms with E-state index in [2.05, 4.69) is 25.5 Å². The van der Waals surface area contributed by atoms with Crippen molar-refractivity contribution in [3.8, 4) is 11.6 Å². The van der Waals surface area contributed by atoms with E-state index < -0.39 is 18.1 Å². The van der Waals surface area contributed by atoms with Crippen LogP contribution in [0.1, 0.15) is 57.4 Å². The molecule has 3 aromatic heterocycles. The number of fused-ring (bicyclic) bond motifs is 1. The van der Waals surface area contributed by atoms with Gasteiger partial charge in [-0.1, -0.05) is 19.8 Å². The smallest absolute Gasteiger partial charge is 0.266 e. The molecule has 1 fully saturated rings. The van der Waals surface area contributed by atoms with E-state index in [1.807, 2.05) is 13.0 Å². The second-order valence-corrected chi connectivity index (χ2v) is 9.49. The number of nitrogens with one attached hydrogen (secondary N) is 1. The van der Waals surface area contributed by atoms with Gasteiger partial charge in [0.25, 0.3) is 12.0 Å². The maximum Gasteiger partial charge on any atom is 0.266 e. The quantitative estimate of drug-likeness (QED) is 0.312. The van der Waals surface area contributed by atoms with E-state index in [0.29, 0.717) is 25.0 Å². The molecule has 1 aliphatic rings. The Kier molecular flexibility index (Phi) is 7.68. The van der Waals surface area contributed by atoms with Crippen molar-refractivity contribution in [2.75, 3.05) is 20.1 Å². The van der Waals surface area contributed by atoms with Gasteiger partial charge in [0.1, 0.15) is 36.5 Å². The van der Waals surface area contributed by atoms with Gasteiger partial charge in [0.05, 0.1) is 12.6 Å². The summed E-state index contributed by atoms with van der Waals surface area (Å²) in [6, 6.07) is 4.90. The van der Waals surface area contributed by atoms with Crippen LogP contribution in [0.3, 0.4) is 0 Å². The van der Waals surface area contributed by atoms with Crippen LogP contribution < -0.4 is 10.4 Å². The zero-order valence-corrected chi connectivity index (χ0v) is 20.5. The Morgan fingerprint density at radius 2 is 1.97 bits per heavy atom. The van der Waals surface area contributed by atoms with Crippen LogP contribution in [0.4, 0.5) is 4.79 Å². The second-order valence-electron chi connectivity index (χ2n) is 9.49. The van der Waals surface area contributed by atoms with E-state index in [4.69, 9.17) is 4.42 Å². The van der Waals surface area contributed by atoms with Gasteiger partial charge in [-0.2, -0.15) is 0 Å². The molecular formula is C25H30N6O5. The molecule has 0 aliphatic carbocycles. The van der Waals surface area contributed by atoms with Crippen molar-refractivity contribution in [3.63, 3.8) is 0 Å². The first-order valence-corrected chi connectivity index (χ1v) is 12.2. The predicted octanol–water partition coefficient (Wildman–Crippen LogP) is 2.19. The van der Waals surface area contributed by atoms with Crippen molar-refractivity contribution in [2.24, 2.45) is 5.92 Å². The van der Waals surface area contributed by atoms with Crippen LogP contribution in [0, 0.1) is 5.92 Å². The van der Waals surface area contributed by atoms with Gasteiger partial charge in [-0.3, -0.25) is 19.1 Å². The summed E-state index contributed by atoms with van der Waals surface area (Å²) in [7, 11) is 1.53. The number of nitrogens with zero attached hydrogens (tertiary/aromatic N) is 5. The van der Waals surface area contributed by atoms with Gasteiger partial charge >= 0.3 is 0 Å². The van der Waals surface area contributed by atoms with Gasteiger partial charge in [-0.05, 0) is 31.0 Å². The van der Waals surface area contributed by atoms with Crippen LogP contribution in [0.5, 0.6) is 0 Å². The number of unbranched alkanes of at least 4 members (excludes halogenated alkanes) is 2. The van der Waals surface area contributed by atoms with Crippen molar-refractivity contribution < 1.29 is 28.4 Å². The molecule has 0 aromatic carbocycles. The van der Waals surface area contributed by atoms with Crippen LogP contribution in [-0.4, -0.2) is 62.6 Å². The fraction of sp³-hybridized carbons (Fsp3) is 0.480. The van der Waals surface area contributed by atoms with Crippen molar-refractivity contribution in [3.05, 3.63) is 36.5 Å². The summed E-state index contributed by atoms with van der Waals surface area (Å²) in [5, 5.41) is 23.4. The van der Waals surface area contributed by atoms with Gasteiger partial charge in [0.15, 0.2) is 0 Å². The highest BCUT2D eigenvalue weighted by molar-refractivity contribution is 5.81. The third-order valence-electron chi connectivity index (χ3n) is 6.66. The lowest BCUT2D eigenvalue weighted by Gasteiger charge is -2.45. The molecule has 0 spiro atoms. The minimum absolute atomic E-state index is 0.172. The molecule has 0 saturated carbocycles. The number of pyridine rings is 2. The Balaban J connectivity index is 1.45. The minimum atomic E-state index is -1.20. The fourth-order valence-electron chi connectivity index (χ4n) is 4.37. The molecule has 2 amide bonds. The number of Topliss-reactive ketones (excluding diaryl/α,β-unsaturated/α-hetero) is 1. The summed E-state index contributed by atoms with van der Waals surface area (Å²) in [5.41, 5.74) is 1.25. The monoisotopic (exact) mass is 494 g/mol.